The van der Waals surface area contributed by atoms with E-state index in [4.69, 9.17) is 23.2 Å². The summed E-state index contributed by atoms with van der Waals surface area (Å²) in [5.41, 5.74) is 2.62. The zero-order valence-electron chi connectivity index (χ0n) is 13.3. The monoisotopic (exact) mass is 371 g/mol. The predicted molar refractivity (Wildman–Crippen MR) is 101 cm³/mol. The fourth-order valence-electron chi connectivity index (χ4n) is 2.82. The smallest absolute Gasteiger partial charge is 0.270 e. The average molecular weight is 372 g/mol. The van der Waals surface area contributed by atoms with E-state index >= 15 is 0 Å². The van der Waals surface area contributed by atoms with Gasteiger partial charge in [0.2, 0.25) is 0 Å². The summed E-state index contributed by atoms with van der Waals surface area (Å²) in [6, 6.07) is 14.7. The van der Waals surface area contributed by atoms with Gasteiger partial charge in [0.15, 0.2) is 0 Å². The molecular formula is C19H15Cl2N3O. The highest BCUT2D eigenvalue weighted by Gasteiger charge is 2.24. The highest BCUT2D eigenvalue weighted by Crippen LogP contribution is 2.28. The molecule has 126 valence electrons. The summed E-state index contributed by atoms with van der Waals surface area (Å²) in [6.45, 7) is 0.595. The molecule has 0 spiro atoms. The third-order valence-electron chi connectivity index (χ3n) is 3.95. The van der Waals surface area contributed by atoms with Gasteiger partial charge in [-0.15, -0.1) is 0 Å². The summed E-state index contributed by atoms with van der Waals surface area (Å²) in [6.07, 6.45) is 3.20. The van der Waals surface area contributed by atoms with E-state index in [-0.39, 0.29) is 11.5 Å². The number of fused-ring (bicyclic) bond motifs is 1. The zero-order chi connectivity index (χ0) is 17.8. The van der Waals surface area contributed by atoms with E-state index in [0.29, 0.717) is 22.3 Å². The summed E-state index contributed by atoms with van der Waals surface area (Å²) in [5.74, 6) is -0.324. The standard InChI is InChI=1S/C19H15Cl2N3O/c20-15-8-16(21)10-17(9-15)23-12-14(11-22)19(25)24-7-3-5-13-4-1-2-6-18(13)24/h1-2,4,6,8-10,12,23H,3,5,7H2/b14-12-. The summed E-state index contributed by atoms with van der Waals surface area (Å²) < 4.78 is 0. The lowest BCUT2D eigenvalue weighted by atomic mass is 10.0. The van der Waals surface area contributed by atoms with Gasteiger partial charge in [0, 0.05) is 34.2 Å². The quantitative estimate of drug-likeness (QED) is 0.623. The number of carbonyl (C=O) groups excluding carboxylic acids is 1. The molecule has 1 aliphatic rings. The van der Waals surface area contributed by atoms with Crippen molar-refractivity contribution in [1.29, 1.82) is 5.26 Å². The Labute approximate surface area is 156 Å². The van der Waals surface area contributed by atoms with Crippen LogP contribution in [-0.4, -0.2) is 12.5 Å². The van der Waals surface area contributed by atoms with Crippen LogP contribution in [0.15, 0.2) is 54.2 Å². The molecule has 1 aliphatic heterocycles. The fourth-order valence-corrected chi connectivity index (χ4v) is 3.35. The summed E-state index contributed by atoms with van der Waals surface area (Å²) in [4.78, 5) is 14.4. The van der Waals surface area contributed by atoms with Crippen molar-refractivity contribution in [2.45, 2.75) is 12.8 Å². The number of carbonyl (C=O) groups is 1. The van der Waals surface area contributed by atoms with Crippen LogP contribution in [0.4, 0.5) is 11.4 Å². The summed E-state index contributed by atoms with van der Waals surface area (Å²) >= 11 is 11.9. The van der Waals surface area contributed by atoms with Gasteiger partial charge in [-0.2, -0.15) is 5.26 Å². The molecule has 0 atom stereocenters. The Morgan fingerprint density at radius 3 is 2.64 bits per heavy atom. The van der Waals surface area contributed by atoms with Crippen molar-refractivity contribution in [3.05, 3.63) is 69.8 Å². The highest BCUT2D eigenvalue weighted by atomic mass is 35.5. The number of aryl methyl sites for hydroxylation is 1. The van der Waals surface area contributed by atoms with Crippen molar-refractivity contribution in [3.8, 4) is 6.07 Å². The van der Waals surface area contributed by atoms with Crippen molar-refractivity contribution in [2.75, 3.05) is 16.8 Å². The molecule has 0 bridgehead atoms. The molecule has 1 N–H and O–H groups in total. The Morgan fingerprint density at radius 2 is 1.92 bits per heavy atom. The van der Waals surface area contributed by atoms with Gasteiger partial charge >= 0.3 is 0 Å². The van der Waals surface area contributed by atoms with Gasteiger partial charge in [-0.3, -0.25) is 4.79 Å². The maximum absolute atomic E-state index is 12.8. The van der Waals surface area contributed by atoms with Gasteiger partial charge in [0.1, 0.15) is 11.6 Å². The number of hydrogen-bond donors (Lipinski definition) is 1. The normalized spacial score (nSPS) is 13.8. The van der Waals surface area contributed by atoms with Crippen LogP contribution in [0.25, 0.3) is 0 Å². The first-order valence-electron chi connectivity index (χ1n) is 7.81. The lowest BCUT2D eigenvalue weighted by molar-refractivity contribution is -0.114. The van der Waals surface area contributed by atoms with Crippen LogP contribution >= 0.6 is 23.2 Å². The number of anilines is 2. The maximum atomic E-state index is 12.8. The van der Waals surface area contributed by atoms with Crippen LogP contribution in [0.2, 0.25) is 10.0 Å². The molecule has 0 radical (unpaired) electrons. The second-order valence-corrected chi connectivity index (χ2v) is 6.53. The van der Waals surface area contributed by atoms with E-state index in [1.54, 1.807) is 23.1 Å². The summed E-state index contributed by atoms with van der Waals surface area (Å²) in [5, 5.41) is 13.3. The average Bonchev–Trinajstić information content (AvgIpc) is 2.60. The molecule has 0 aliphatic carbocycles. The minimum atomic E-state index is -0.324. The molecule has 0 saturated heterocycles. The maximum Gasteiger partial charge on any atom is 0.270 e. The second-order valence-electron chi connectivity index (χ2n) is 5.66. The van der Waals surface area contributed by atoms with E-state index in [1.807, 2.05) is 30.3 Å². The molecule has 4 nitrogen and oxygen atoms in total. The number of benzene rings is 2. The van der Waals surface area contributed by atoms with Gasteiger partial charge in [-0.05, 0) is 42.7 Å². The van der Waals surface area contributed by atoms with Crippen LogP contribution in [0.1, 0.15) is 12.0 Å². The molecule has 0 saturated carbocycles. The molecule has 0 aromatic heterocycles. The van der Waals surface area contributed by atoms with Crippen molar-refractivity contribution in [2.24, 2.45) is 0 Å². The molecule has 3 rings (SSSR count). The number of rotatable bonds is 3. The third kappa shape index (κ3) is 3.96. The second kappa shape index (κ2) is 7.60. The van der Waals surface area contributed by atoms with Crippen molar-refractivity contribution in [3.63, 3.8) is 0 Å². The van der Waals surface area contributed by atoms with Crippen LogP contribution in [0.5, 0.6) is 0 Å². The Kier molecular flexibility index (Phi) is 5.28. The molecule has 2 aromatic rings. The number of nitrogens with one attached hydrogen (secondary N) is 1. The molecule has 0 fully saturated rings. The summed E-state index contributed by atoms with van der Waals surface area (Å²) in [7, 11) is 0. The number of nitrogens with zero attached hydrogens (tertiary/aromatic N) is 2. The molecule has 1 amide bonds. The predicted octanol–water partition coefficient (Wildman–Crippen LogP) is 4.79. The topological polar surface area (TPSA) is 56.1 Å². The van der Waals surface area contributed by atoms with Gasteiger partial charge in [0.05, 0.1) is 0 Å². The molecular weight excluding hydrogens is 357 g/mol. The number of amides is 1. The fraction of sp³-hybridized carbons (Fsp3) is 0.158. The van der Waals surface area contributed by atoms with Gasteiger partial charge in [0.25, 0.3) is 5.91 Å². The van der Waals surface area contributed by atoms with Crippen LogP contribution in [0.3, 0.4) is 0 Å². The highest BCUT2D eigenvalue weighted by molar-refractivity contribution is 6.35. The third-order valence-corrected chi connectivity index (χ3v) is 4.39. The Hall–Kier alpha value is -2.48. The first kappa shape index (κ1) is 17.3. The molecule has 1 heterocycles. The lowest BCUT2D eigenvalue weighted by Gasteiger charge is -2.29. The number of halogens is 2. The zero-order valence-corrected chi connectivity index (χ0v) is 14.8. The van der Waals surface area contributed by atoms with Crippen molar-refractivity contribution < 1.29 is 4.79 Å². The first-order chi connectivity index (χ1) is 12.1. The molecule has 6 heteroatoms. The van der Waals surface area contributed by atoms with E-state index in [9.17, 15) is 10.1 Å². The van der Waals surface area contributed by atoms with E-state index in [1.165, 1.54) is 6.20 Å². The first-order valence-corrected chi connectivity index (χ1v) is 8.57. The van der Waals surface area contributed by atoms with E-state index in [2.05, 4.69) is 5.32 Å². The minimum absolute atomic E-state index is 0.0211. The minimum Gasteiger partial charge on any atom is -0.360 e. The molecule has 2 aromatic carbocycles. The van der Waals surface area contributed by atoms with Gasteiger partial charge in [-0.1, -0.05) is 41.4 Å². The molecule has 25 heavy (non-hydrogen) atoms. The van der Waals surface area contributed by atoms with Crippen LogP contribution in [0, 0.1) is 11.3 Å². The van der Waals surface area contributed by atoms with Crippen molar-refractivity contribution >= 4 is 40.5 Å². The van der Waals surface area contributed by atoms with E-state index in [0.717, 1.165) is 24.1 Å². The van der Waals surface area contributed by atoms with Crippen LogP contribution < -0.4 is 10.2 Å². The number of hydrogen-bond acceptors (Lipinski definition) is 3. The van der Waals surface area contributed by atoms with Gasteiger partial charge in [-0.25, -0.2) is 0 Å². The van der Waals surface area contributed by atoms with Crippen molar-refractivity contribution in [1.82, 2.24) is 0 Å². The number of nitriles is 1. The molecule has 0 unspecified atom stereocenters. The Morgan fingerprint density at radius 1 is 1.20 bits per heavy atom. The SMILES string of the molecule is N#C/C(=C/Nc1cc(Cl)cc(Cl)c1)C(=O)N1CCCc2ccccc21. The van der Waals surface area contributed by atoms with Gasteiger partial charge < -0.3 is 10.2 Å². The Balaban J connectivity index is 1.84. The van der Waals surface area contributed by atoms with Crippen LogP contribution in [-0.2, 0) is 11.2 Å². The lowest BCUT2D eigenvalue weighted by Crippen LogP contribution is -2.36. The Bertz CT molecular complexity index is 866. The number of para-hydroxylation sites is 1. The largest absolute Gasteiger partial charge is 0.360 e. The van der Waals surface area contributed by atoms with E-state index < -0.39 is 0 Å².